The van der Waals surface area contributed by atoms with E-state index in [-0.39, 0.29) is 5.97 Å². The quantitative estimate of drug-likeness (QED) is 0.787. The van der Waals surface area contributed by atoms with Gasteiger partial charge in [0.2, 0.25) is 0 Å². The van der Waals surface area contributed by atoms with Crippen LogP contribution in [0.25, 0.3) is 0 Å². The minimum absolute atomic E-state index is 0.159. The van der Waals surface area contributed by atoms with Crippen molar-refractivity contribution >= 4 is 11.7 Å². The summed E-state index contributed by atoms with van der Waals surface area (Å²) in [6.45, 7) is 4.30. The zero-order chi connectivity index (χ0) is 14.7. The third-order valence-electron chi connectivity index (χ3n) is 3.69. The fourth-order valence-corrected chi connectivity index (χ4v) is 2.74. The first-order chi connectivity index (χ1) is 10.3. The van der Waals surface area contributed by atoms with Crippen molar-refractivity contribution in [2.24, 2.45) is 0 Å². The van der Waals surface area contributed by atoms with Gasteiger partial charge < -0.3 is 14.2 Å². The monoisotopic (exact) mass is 285 g/mol. The standard InChI is InChI=1S/C16H19N3O2/c1-2-21-16(20)11-19-7-5-14-9-13(3-4-15(14)19)10-18-8-6-17-12-18/h3-4,6,8-9,12H,2,5,7,10-11H2,1H3. The molecule has 1 aromatic carbocycles. The van der Waals surface area contributed by atoms with E-state index in [1.807, 2.05) is 24.0 Å². The first-order valence-electron chi connectivity index (χ1n) is 7.24. The maximum Gasteiger partial charge on any atom is 0.325 e. The van der Waals surface area contributed by atoms with Gasteiger partial charge in [0, 0.05) is 31.2 Å². The second-order valence-electron chi connectivity index (χ2n) is 5.17. The predicted molar refractivity (Wildman–Crippen MR) is 80.3 cm³/mol. The molecular weight excluding hydrogens is 266 g/mol. The highest BCUT2D eigenvalue weighted by Gasteiger charge is 2.21. The summed E-state index contributed by atoms with van der Waals surface area (Å²) in [6, 6.07) is 6.44. The Kier molecular flexibility index (Phi) is 3.90. The minimum Gasteiger partial charge on any atom is -0.465 e. The molecular formula is C16H19N3O2. The molecule has 1 aliphatic rings. The third-order valence-corrected chi connectivity index (χ3v) is 3.69. The lowest BCUT2D eigenvalue weighted by Crippen LogP contribution is -2.29. The molecule has 0 saturated heterocycles. The van der Waals surface area contributed by atoms with Crippen LogP contribution in [0, 0.1) is 0 Å². The number of hydrogen-bond donors (Lipinski definition) is 0. The molecule has 0 bridgehead atoms. The highest BCUT2D eigenvalue weighted by atomic mass is 16.5. The smallest absolute Gasteiger partial charge is 0.325 e. The number of aromatic nitrogens is 2. The van der Waals surface area contributed by atoms with Gasteiger partial charge in [0.05, 0.1) is 12.9 Å². The van der Waals surface area contributed by atoms with E-state index < -0.39 is 0 Å². The van der Waals surface area contributed by atoms with Gasteiger partial charge in [0.15, 0.2) is 0 Å². The lowest BCUT2D eigenvalue weighted by atomic mass is 10.1. The molecule has 0 fully saturated rings. The van der Waals surface area contributed by atoms with E-state index in [0.29, 0.717) is 13.2 Å². The third kappa shape index (κ3) is 3.07. The van der Waals surface area contributed by atoms with E-state index in [1.165, 1.54) is 11.1 Å². The molecule has 0 atom stereocenters. The van der Waals surface area contributed by atoms with E-state index >= 15 is 0 Å². The predicted octanol–water partition coefficient (Wildman–Crippen LogP) is 1.86. The summed E-state index contributed by atoms with van der Waals surface area (Å²) in [5.74, 6) is -0.159. The molecule has 0 radical (unpaired) electrons. The molecule has 0 N–H and O–H groups in total. The molecule has 0 aliphatic carbocycles. The van der Waals surface area contributed by atoms with Crippen LogP contribution in [0.1, 0.15) is 18.1 Å². The van der Waals surface area contributed by atoms with Crippen LogP contribution in [-0.4, -0.2) is 35.2 Å². The normalized spacial score (nSPS) is 13.3. The van der Waals surface area contributed by atoms with Gasteiger partial charge in [-0.3, -0.25) is 4.79 Å². The van der Waals surface area contributed by atoms with Gasteiger partial charge in [-0.25, -0.2) is 4.98 Å². The Hall–Kier alpha value is -2.30. The van der Waals surface area contributed by atoms with Gasteiger partial charge >= 0.3 is 5.97 Å². The van der Waals surface area contributed by atoms with Crippen LogP contribution in [0.5, 0.6) is 0 Å². The maximum absolute atomic E-state index is 11.6. The zero-order valence-electron chi connectivity index (χ0n) is 12.2. The van der Waals surface area contributed by atoms with E-state index in [4.69, 9.17) is 4.74 Å². The van der Waals surface area contributed by atoms with Crippen molar-refractivity contribution in [2.75, 3.05) is 24.6 Å². The number of esters is 1. The largest absolute Gasteiger partial charge is 0.465 e. The summed E-state index contributed by atoms with van der Waals surface area (Å²) in [7, 11) is 0. The Morgan fingerprint density at radius 3 is 3.10 bits per heavy atom. The van der Waals surface area contributed by atoms with Gasteiger partial charge in [0.25, 0.3) is 0 Å². The van der Waals surface area contributed by atoms with Crippen molar-refractivity contribution < 1.29 is 9.53 Å². The Balaban J connectivity index is 1.71. The molecule has 0 amide bonds. The fourth-order valence-electron chi connectivity index (χ4n) is 2.74. The van der Waals surface area contributed by atoms with Gasteiger partial charge in [0.1, 0.15) is 6.54 Å². The molecule has 110 valence electrons. The SMILES string of the molecule is CCOC(=O)CN1CCc2cc(Cn3ccnc3)ccc21. The molecule has 0 saturated carbocycles. The molecule has 0 unspecified atom stereocenters. The van der Waals surface area contributed by atoms with Crippen molar-refractivity contribution in [1.29, 1.82) is 0 Å². The highest BCUT2D eigenvalue weighted by molar-refractivity contribution is 5.77. The Labute approximate surface area is 124 Å². The van der Waals surface area contributed by atoms with E-state index in [2.05, 4.69) is 28.1 Å². The molecule has 21 heavy (non-hydrogen) atoms. The van der Waals surface area contributed by atoms with Crippen LogP contribution < -0.4 is 4.90 Å². The summed E-state index contributed by atoms with van der Waals surface area (Å²) in [5.41, 5.74) is 3.71. The topological polar surface area (TPSA) is 47.4 Å². The molecule has 5 heteroatoms. The van der Waals surface area contributed by atoms with Crippen LogP contribution in [-0.2, 0) is 22.5 Å². The second-order valence-corrected chi connectivity index (χ2v) is 5.17. The number of anilines is 1. The number of nitrogens with zero attached hydrogens (tertiary/aromatic N) is 3. The van der Waals surface area contributed by atoms with E-state index in [0.717, 1.165) is 25.2 Å². The van der Waals surface area contributed by atoms with Crippen molar-refractivity contribution in [2.45, 2.75) is 19.9 Å². The van der Waals surface area contributed by atoms with Crippen LogP contribution in [0.4, 0.5) is 5.69 Å². The van der Waals surface area contributed by atoms with E-state index in [9.17, 15) is 4.79 Å². The van der Waals surface area contributed by atoms with Crippen LogP contribution in [0.3, 0.4) is 0 Å². The number of carbonyl (C=O) groups is 1. The molecule has 2 heterocycles. The Bertz CT molecular complexity index is 622. The average Bonchev–Trinajstić information content (AvgIpc) is 3.09. The minimum atomic E-state index is -0.159. The second kappa shape index (κ2) is 5.99. The van der Waals surface area contributed by atoms with Crippen molar-refractivity contribution in [3.8, 4) is 0 Å². The average molecular weight is 285 g/mol. The number of ether oxygens (including phenoxy) is 1. The first-order valence-corrected chi connectivity index (χ1v) is 7.24. The number of benzene rings is 1. The fraction of sp³-hybridized carbons (Fsp3) is 0.375. The molecule has 3 rings (SSSR count). The first kappa shape index (κ1) is 13.7. The number of imidazole rings is 1. The van der Waals surface area contributed by atoms with Crippen LogP contribution in [0.15, 0.2) is 36.9 Å². The Morgan fingerprint density at radius 1 is 1.43 bits per heavy atom. The molecule has 1 aromatic heterocycles. The van der Waals surface area contributed by atoms with E-state index in [1.54, 1.807) is 6.20 Å². The zero-order valence-corrected chi connectivity index (χ0v) is 12.2. The summed E-state index contributed by atoms with van der Waals surface area (Å²) in [4.78, 5) is 17.8. The summed E-state index contributed by atoms with van der Waals surface area (Å²) in [6.07, 6.45) is 6.54. The summed E-state index contributed by atoms with van der Waals surface area (Å²) >= 11 is 0. The number of hydrogen-bond acceptors (Lipinski definition) is 4. The summed E-state index contributed by atoms with van der Waals surface area (Å²) in [5, 5.41) is 0. The lowest BCUT2D eigenvalue weighted by Gasteiger charge is -2.18. The Morgan fingerprint density at radius 2 is 2.33 bits per heavy atom. The summed E-state index contributed by atoms with van der Waals surface area (Å²) < 4.78 is 7.07. The van der Waals surface area contributed by atoms with Gasteiger partial charge in [-0.15, -0.1) is 0 Å². The van der Waals surface area contributed by atoms with Gasteiger partial charge in [-0.1, -0.05) is 12.1 Å². The number of fused-ring (bicyclic) bond motifs is 1. The maximum atomic E-state index is 11.6. The van der Waals surface area contributed by atoms with Crippen molar-refractivity contribution in [3.63, 3.8) is 0 Å². The molecule has 1 aliphatic heterocycles. The van der Waals surface area contributed by atoms with Gasteiger partial charge in [-0.2, -0.15) is 0 Å². The van der Waals surface area contributed by atoms with Crippen molar-refractivity contribution in [1.82, 2.24) is 9.55 Å². The van der Waals surface area contributed by atoms with Gasteiger partial charge in [-0.05, 0) is 30.5 Å². The van der Waals surface area contributed by atoms with Crippen LogP contribution in [0.2, 0.25) is 0 Å². The molecule has 2 aromatic rings. The molecule has 5 nitrogen and oxygen atoms in total. The van der Waals surface area contributed by atoms with Crippen molar-refractivity contribution in [3.05, 3.63) is 48.0 Å². The molecule has 0 spiro atoms. The lowest BCUT2D eigenvalue weighted by molar-refractivity contribution is -0.141. The number of rotatable bonds is 5. The number of carbonyl (C=O) groups excluding carboxylic acids is 1. The highest BCUT2D eigenvalue weighted by Crippen LogP contribution is 2.28. The van der Waals surface area contributed by atoms with Crippen LogP contribution >= 0.6 is 0 Å².